The Balaban J connectivity index is 1.88. The number of halogens is 1. The molecule has 0 spiro atoms. The summed E-state index contributed by atoms with van der Waals surface area (Å²) in [5, 5.41) is 3.04. The van der Waals surface area contributed by atoms with E-state index in [9.17, 15) is 9.59 Å². The van der Waals surface area contributed by atoms with Crippen LogP contribution in [0.3, 0.4) is 0 Å². The van der Waals surface area contributed by atoms with Crippen LogP contribution in [0.15, 0.2) is 77.3 Å². The van der Waals surface area contributed by atoms with Gasteiger partial charge in [-0.3, -0.25) is 9.59 Å². The van der Waals surface area contributed by atoms with Crippen molar-refractivity contribution in [2.45, 2.75) is 52.6 Å². The van der Waals surface area contributed by atoms with Gasteiger partial charge in [-0.15, -0.1) is 0 Å². The van der Waals surface area contributed by atoms with E-state index in [0.717, 1.165) is 39.6 Å². The number of unbranched alkanes of at least 4 members (excludes halogenated alkanes) is 1. The van der Waals surface area contributed by atoms with Crippen LogP contribution in [-0.2, 0) is 22.6 Å². The molecule has 0 bridgehead atoms. The van der Waals surface area contributed by atoms with Crippen molar-refractivity contribution in [1.29, 1.82) is 0 Å². The van der Waals surface area contributed by atoms with Crippen LogP contribution in [0, 0.1) is 13.8 Å². The van der Waals surface area contributed by atoms with Crippen LogP contribution in [-0.4, -0.2) is 35.9 Å². The summed E-state index contributed by atoms with van der Waals surface area (Å²) in [4.78, 5) is 28.7. The van der Waals surface area contributed by atoms with Gasteiger partial charge in [-0.05, 0) is 55.2 Å². The fraction of sp³-hybridized carbons (Fsp3) is 0.333. The SMILES string of the molecule is CCCCNC(=O)[C@@H](Cc1ccccc1)N(Cc1ccc(Br)cc1)C(=O)COc1ccc(C)cc1C. The average molecular weight is 552 g/mol. The predicted octanol–water partition coefficient (Wildman–Crippen LogP) is 6.00. The predicted molar refractivity (Wildman–Crippen MR) is 148 cm³/mol. The number of hydrogen-bond acceptors (Lipinski definition) is 3. The Morgan fingerprint density at radius 2 is 1.69 bits per heavy atom. The lowest BCUT2D eigenvalue weighted by Gasteiger charge is -2.31. The minimum absolute atomic E-state index is 0.145. The molecule has 36 heavy (non-hydrogen) atoms. The van der Waals surface area contributed by atoms with E-state index in [1.165, 1.54) is 0 Å². The monoisotopic (exact) mass is 550 g/mol. The Bertz CT molecular complexity index is 1130. The van der Waals surface area contributed by atoms with Gasteiger partial charge in [0, 0.05) is 24.0 Å². The number of hydrogen-bond donors (Lipinski definition) is 1. The molecule has 0 radical (unpaired) electrons. The number of amides is 2. The van der Waals surface area contributed by atoms with Gasteiger partial charge in [0.1, 0.15) is 11.8 Å². The van der Waals surface area contributed by atoms with Gasteiger partial charge in [0.25, 0.3) is 5.91 Å². The molecular weight excluding hydrogens is 516 g/mol. The molecule has 0 saturated carbocycles. The molecule has 0 aliphatic rings. The van der Waals surface area contributed by atoms with Crippen molar-refractivity contribution in [2.75, 3.05) is 13.2 Å². The van der Waals surface area contributed by atoms with Gasteiger partial charge in [-0.1, -0.05) is 89.4 Å². The van der Waals surface area contributed by atoms with Gasteiger partial charge in [-0.25, -0.2) is 0 Å². The summed E-state index contributed by atoms with van der Waals surface area (Å²) in [6, 6.07) is 22.8. The number of aryl methyl sites for hydroxylation is 2. The van der Waals surface area contributed by atoms with Gasteiger partial charge in [0.2, 0.25) is 5.91 Å². The van der Waals surface area contributed by atoms with E-state index in [2.05, 4.69) is 28.2 Å². The number of nitrogens with zero attached hydrogens (tertiary/aromatic N) is 1. The Hall–Kier alpha value is -3.12. The van der Waals surface area contributed by atoms with E-state index < -0.39 is 6.04 Å². The van der Waals surface area contributed by atoms with Crippen molar-refractivity contribution >= 4 is 27.7 Å². The maximum Gasteiger partial charge on any atom is 0.261 e. The van der Waals surface area contributed by atoms with Crippen LogP contribution < -0.4 is 10.1 Å². The first-order chi connectivity index (χ1) is 17.4. The van der Waals surface area contributed by atoms with Crippen LogP contribution in [0.5, 0.6) is 5.75 Å². The molecule has 3 aromatic carbocycles. The van der Waals surface area contributed by atoms with Crippen molar-refractivity contribution in [2.24, 2.45) is 0 Å². The summed E-state index contributed by atoms with van der Waals surface area (Å²) in [7, 11) is 0. The van der Waals surface area contributed by atoms with E-state index in [-0.39, 0.29) is 18.4 Å². The second-order valence-electron chi connectivity index (χ2n) is 9.06. The van der Waals surface area contributed by atoms with Crippen molar-refractivity contribution < 1.29 is 14.3 Å². The lowest BCUT2D eigenvalue weighted by molar-refractivity contribution is -0.142. The standard InChI is InChI=1S/C30H35BrN2O3/c1-4-5-17-32-30(35)27(19-24-9-7-6-8-10-24)33(20-25-12-14-26(31)15-13-25)29(34)21-36-28-16-11-22(2)18-23(28)3/h6-16,18,27H,4-5,17,19-21H2,1-3H3,(H,32,35)/t27-/m1/s1. The molecule has 2 amide bonds. The Morgan fingerprint density at radius 3 is 2.36 bits per heavy atom. The average Bonchev–Trinajstić information content (AvgIpc) is 2.87. The molecule has 190 valence electrons. The minimum atomic E-state index is -0.664. The van der Waals surface area contributed by atoms with Crippen LogP contribution in [0.4, 0.5) is 0 Å². The van der Waals surface area contributed by atoms with E-state index in [0.29, 0.717) is 25.3 Å². The molecule has 0 unspecified atom stereocenters. The van der Waals surface area contributed by atoms with Crippen molar-refractivity contribution in [3.05, 3.63) is 99.5 Å². The summed E-state index contributed by atoms with van der Waals surface area (Å²) < 4.78 is 6.90. The maximum absolute atomic E-state index is 13.6. The molecule has 1 N–H and O–H groups in total. The highest BCUT2D eigenvalue weighted by atomic mass is 79.9. The third-order valence-electron chi connectivity index (χ3n) is 6.05. The second kappa shape index (κ2) is 13.8. The molecule has 6 heteroatoms. The first kappa shape index (κ1) is 27.5. The summed E-state index contributed by atoms with van der Waals surface area (Å²) >= 11 is 3.47. The molecule has 0 aliphatic heterocycles. The molecular formula is C30H35BrN2O3. The van der Waals surface area contributed by atoms with Crippen molar-refractivity contribution in [1.82, 2.24) is 10.2 Å². The Kier molecular flexibility index (Phi) is 10.6. The third kappa shape index (κ3) is 8.23. The van der Waals surface area contributed by atoms with Gasteiger partial charge >= 0.3 is 0 Å². The Morgan fingerprint density at radius 1 is 0.972 bits per heavy atom. The molecule has 0 fully saturated rings. The fourth-order valence-corrected chi connectivity index (χ4v) is 4.29. The molecule has 3 rings (SSSR count). The quantitative estimate of drug-likeness (QED) is 0.281. The largest absolute Gasteiger partial charge is 0.483 e. The molecule has 5 nitrogen and oxygen atoms in total. The number of carbonyl (C=O) groups excluding carboxylic acids is 2. The van der Waals surface area contributed by atoms with Gasteiger partial charge in [-0.2, -0.15) is 0 Å². The van der Waals surface area contributed by atoms with E-state index in [1.54, 1.807) is 4.90 Å². The number of benzene rings is 3. The highest BCUT2D eigenvalue weighted by Crippen LogP contribution is 2.20. The fourth-order valence-electron chi connectivity index (χ4n) is 4.03. The molecule has 0 saturated heterocycles. The molecule has 0 heterocycles. The number of nitrogens with one attached hydrogen (secondary N) is 1. The van der Waals surface area contributed by atoms with Gasteiger partial charge in [0.05, 0.1) is 0 Å². The number of rotatable bonds is 12. The van der Waals surface area contributed by atoms with Crippen LogP contribution in [0.1, 0.15) is 42.0 Å². The number of carbonyl (C=O) groups is 2. The highest BCUT2D eigenvalue weighted by Gasteiger charge is 2.30. The third-order valence-corrected chi connectivity index (χ3v) is 6.58. The van der Waals surface area contributed by atoms with E-state index >= 15 is 0 Å². The summed E-state index contributed by atoms with van der Waals surface area (Å²) in [6.45, 7) is 6.81. The lowest BCUT2D eigenvalue weighted by atomic mass is 10.0. The first-order valence-corrected chi connectivity index (χ1v) is 13.2. The van der Waals surface area contributed by atoms with Crippen LogP contribution in [0.2, 0.25) is 0 Å². The van der Waals surface area contributed by atoms with Crippen molar-refractivity contribution in [3.8, 4) is 5.75 Å². The summed E-state index contributed by atoms with van der Waals surface area (Å²) in [5.74, 6) is 0.290. The van der Waals surface area contributed by atoms with E-state index in [1.807, 2.05) is 86.6 Å². The maximum atomic E-state index is 13.6. The topological polar surface area (TPSA) is 58.6 Å². The zero-order chi connectivity index (χ0) is 25.9. The van der Waals surface area contributed by atoms with E-state index in [4.69, 9.17) is 4.74 Å². The first-order valence-electron chi connectivity index (χ1n) is 12.4. The molecule has 0 aromatic heterocycles. The highest BCUT2D eigenvalue weighted by molar-refractivity contribution is 9.10. The smallest absolute Gasteiger partial charge is 0.261 e. The normalized spacial score (nSPS) is 11.6. The Labute approximate surface area is 223 Å². The van der Waals surface area contributed by atoms with Crippen LogP contribution in [0.25, 0.3) is 0 Å². The van der Waals surface area contributed by atoms with Gasteiger partial charge in [0.15, 0.2) is 6.61 Å². The molecule has 0 aliphatic carbocycles. The lowest BCUT2D eigenvalue weighted by Crippen LogP contribution is -2.51. The number of ether oxygens (including phenoxy) is 1. The van der Waals surface area contributed by atoms with Crippen molar-refractivity contribution in [3.63, 3.8) is 0 Å². The van der Waals surface area contributed by atoms with Gasteiger partial charge < -0.3 is 15.0 Å². The second-order valence-corrected chi connectivity index (χ2v) is 9.97. The zero-order valence-corrected chi connectivity index (χ0v) is 22.9. The summed E-state index contributed by atoms with van der Waals surface area (Å²) in [6.07, 6.45) is 2.29. The van der Waals surface area contributed by atoms with Crippen LogP contribution >= 0.6 is 15.9 Å². The minimum Gasteiger partial charge on any atom is -0.483 e. The molecule has 1 atom stereocenters. The zero-order valence-electron chi connectivity index (χ0n) is 21.3. The molecule has 3 aromatic rings. The summed E-state index contributed by atoms with van der Waals surface area (Å²) in [5.41, 5.74) is 4.05.